The van der Waals surface area contributed by atoms with Gasteiger partial charge < -0.3 is 16.0 Å². The molecule has 6 heteroatoms. The van der Waals surface area contributed by atoms with E-state index in [1.54, 1.807) is 4.90 Å². The van der Waals surface area contributed by atoms with E-state index in [2.05, 4.69) is 5.32 Å². The number of fused-ring (bicyclic) bond motifs is 1. The summed E-state index contributed by atoms with van der Waals surface area (Å²) in [4.78, 5) is 26.7. The van der Waals surface area contributed by atoms with Crippen LogP contribution in [0.25, 0.3) is 10.8 Å². The predicted octanol–water partition coefficient (Wildman–Crippen LogP) is 2.47. The number of nitrogens with two attached hydrogens (primary N) is 1. The standard InChI is InChI=1S/C19H23N3O2.ClH/c1-19(2,12-20)21-18(24)14-10-17(23)22(11-14)16-9-5-7-13-6-3-4-8-15(13)16;/h3-9,14H,10-12,20H2,1-2H3,(H,21,24);1H. The number of anilines is 1. The normalized spacial score (nSPS) is 17.5. The third kappa shape index (κ3) is 3.94. The van der Waals surface area contributed by atoms with Crippen LogP contribution >= 0.6 is 12.4 Å². The number of nitrogens with zero attached hydrogens (tertiary/aromatic N) is 1. The van der Waals surface area contributed by atoms with Crippen molar-refractivity contribution in [3.8, 4) is 0 Å². The molecule has 1 heterocycles. The summed E-state index contributed by atoms with van der Waals surface area (Å²) in [6.07, 6.45) is 0.232. The van der Waals surface area contributed by atoms with Crippen LogP contribution in [-0.4, -0.2) is 30.4 Å². The van der Waals surface area contributed by atoms with Crippen LogP contribution in [0.3, 0.4) is 0 Å². The molecule has 134 valence electrons. The van der Waals surface area contributed by atoms with Crippen molar-refractivity contribution >= 4 is 40.7 Å². The molecule has 3 rings (SSSR count). The van der Waals surface area contributed by atoms with E-state index in [1.807, 2.05) is 56.3 Å². The van der Waals surface area contributed by atoms with Crippen LogP contribution in [-0.2, 0) is 9.59 Å². The Morgan fingerprint density at radius 1 is 1.24 bits per heavy atom. The lowest BCUT2D eigenvalue weighted by Crippen LogP contribution is -2.51. The number of nitrogens with one attached hydrogen (secondary N) is 1. The molecule has 0 spiro atoms. The summed E-state index contributed by atoms with van der Waals surface area (Å²) >= 11 is 0. The lowest BCUT2D eigenvalue weighted by atomic mass is 10.0. The topological polar surface area (TPSA) is 75.4 Å². The van der Waals surface area contributed by atoms with Crippen molar-refractivity contribution in [3.05, 3.63) is 42.5 Å². The quantitative estimate of drug-likeness (QED) is 0.878. The van der Waals surface area contributed by atoms with E-state index >= 15 is 0 Å². The number of carbonyl (C=O) groups excluding carboxylic acids is 2. The van der Waals surface area contributed by atoms with Crippen molar-refractivity contribution in [2.45, 2.75) is 25.8 Å². The summed E-state index contributed by atoms with van der Waals surface area (Å²) in [6.45, 7) is 4.51. The first-order valence-corrected chi connectivity index (χ1v) is 8.21. The van der Waals surface area contributed by atoms with E-state index in [9.17, 15) is 9.59 Å². The monoisotopic (exact) mass is 361 g/mol. The van der Waals surface area contributed by atoms with Crippen LogP contribution in [0.5, 0.6) is 0 Å². The van der Waals surface area contributed by atoms with Gasteiger partial charge in [-0.2, -0.15) is 0 Å². The largest absolute Gasteiger partial charge is 0.350 e. The third-order valence-corrected chi connectivity index (χ3v) is 4.53. The van der Waals surface area contributed by atoms with Gasteiger partial charge in [0.15, 0.2) is 0 Å². The number of benzene rings is 2. The van der Waals surface area contributed by atoms with Crippen molar-refractivity contribution < 1.29 is 9.59 Å². The molecule has 5 nitrogen and oxygen atoms in total. The Morgan fingerprint density at radius 2 is 1.92 bits per heavy atom. The highest BCUT2D eigenvalue weighted by molar-refractivity contribution is 6.07. The lowest BCUT2D eigenvalue weighted by molar-refractivity contribution is -0.127. The Labute approximate surface area is 154 Å². The summed E-state index contributed by atoms with van der Waals surface area (Å²) in [5, 5.41) is 5.04. The van der Waals surface area contributed by atoms with Crippen molar-refractivity contribution in [2.75, 3.05) is 18.0 Å². The van der Waals surface area contributed by atoms with Gasteiger partial charge in [-0.05, 0) is 25.3 Å². The van der Waals surface area contributed by atoms with Crippen molar-refractivity contribution in [3.63, 3.8) is 0 Å². The van der Waals surface area contributed by atoms with E-state index in [1.165, 1.54) is 0 Å². The highest BCUT2D eigenvalue weighted by Gasteiger charge is 2.37. The molecule has 3 N–H and O–H groups in total. The molecule has 0 aromatic heterocycles. The zero-order chi connectivity index (χ0) is 17.3. The summed E-state index contributed by atoms with van der Waals surface area (Å²) in [5.74, 6) is -0.471. The fourth-order valence-electron chi connectivity index (χ4n) is 3.05. The SMILES string of the molecule is CC(C)(CN)NC(=O)C1CC(=O)N(c2cccc3ccccc23)C1.Cl. The van der Waals surface area contributed by atoms with Crippen molar-refractivity contribution in [1.82, 2.24) is 5.32 Å². The van der Waals surface area contributed by atoms with Crippen molar-refractivity contribution in [1.29, 1.82) is 0 Å². The number of amides is 2. The Morgan fingerprint density at radius 3 is 2.64 bits per heavy atom. The lowest BCUT2D eigenvalue weighted by Gasteiger charge is -2.26. The first-order valence-electron chi connectivity index (χ1n) is 8.21. The maximum Gasteiger partial charge on any atom is 0.227 e. The molecule has 2 aromatic rings. The van der Waals surface area contributed by atoms with Crippen LogP contribution < -0.4 is 16.0 Å². The fourth-order valence-corrected chi connectivity index (χ4v) is 3.05. The first-order chi connectivity index (χ1) is 11.4. The van der Waals surface area contributed by atoms with E-state index in [0.29, 0.717) is 13.1 Å². The van der Waals surface area contributed by atoms with Gasteiger partial charge in [0.05, 0.1) is 11.6 Å². The van der Waals surface area contributed by atoms with Gasteiger partial charge in [-0.3, -0.25) is 9.59 Å². The molecule has 25 heavy (non-hydrogen) atoms. The summed E-state index contributed by atoms with van der Waals surface area (Å²) in [5.41, 5.74) is 6.07. The molecular formula is C19H24ClN3O2. The molecule has 2 amide bonds. The van der Waals surface area contributed by atoms with E-state index in [4.69, 9.17) is 5.73 Å². The smallest absolute Gasteiger partial charge is 0.227 e. The molecule has 2 aromatic carbocycles. The van der Waals surface area contributed by atoms with Crippen LogP contribution in [0.15, 0.2) is 42.5 Å². The van der Waals surface area contributed by atoms with E-state index in [-0.39, 0.29) is 36.6 Å². The molecule has 1 aliphatic heterocycles. The highest BCUT2D eigenvalue weighted by atomic mass is 35.5. The Kier molecular flexibility index (Phi) is 5.70. The maximum atomic E-state index is 12.5. The number of carbonyl (C=O) groups is 2. The fraction of sp³-hybridized carbons (Fsp3) is 0.368. The van der Waals surface area contributed by atoms with Gasteiger partial charge in [-0.15, -0.1) is 12.4 Å². The Balaban J connectivity index is 0.00000225. The molecule has 0 radical (unpaired) electrons. The summed E-state index contributed by atoms with van der Waals surface area (Å²) in [7, 11) is 0. The molecule has 0 saturated carbocycles. The van der Waals surface area contributed by atoms with Crippen LogP contribution in [0.4, 0.5) is 5.69 Å². The summed E-state index contributed by atoms with van der Waals surface area (Å²) < 4.78 is 0. The minimum atomic E-state index is -0.465. The average Bonchev–Trinajstić information content (AvgIpc) is 2.96. The van der Waals surface area contributed by atoms with Crippen LogP contribution in [0, 0.1) is 5.92 Å². The summed E-state index contributed by atoms with van der Waals surface area (Å²) in [6, 6.07) is 13.9. The number of hydrogen-bond donors (Lipinski definition) is 2. The van der Waals surface area contributed by atoms with Gasteiger partial charge in [0.2, 0.25) is 11.8 Å². The highest BCUT2D eigenvalue weighted by Crippen LogP contribution is 2.31. The maximum absolute atomic E-state index is 12.5. The molecule has 1 atom stereocenters. The second-order valence-electron chi connectivity index (χ2n) is 6.98. The van der Waals surface area contributed by atoms with E-state index in [0.717, 1.165) is 16.5 Å². The van der Waals surface area contributed by atoms with Gasteiger partial charge in [0, 0.05) is 30.4 Å². The zero-order valence-electron chi connectivity index (χ0n) is 14.5. The number of rotatable bonds is 4. The molecule has 0 bridgehead atoms. The Bertz CT molecular complexity index is 786. The predicted molar refractivity (Wildman–Crippen MR) is 103 cm³/mol. The number of hydrogen-bond acceptors (Lipinski definition) is 3. The molecule has 1 unspecified atom stereocenters. The van der Waals surface area contributed by atoms with Crippen LogP contribution in [0.1, 0.15) is 20.3 Å². The molecule has 1 fully saturated rings. The molecule has 0 aliphatic carbocycles. The molecule has 1 aliphatic rings. The van der Waals surface area contributed by atoms with Crippen molar-refractivity contribution in [2.24, 2.45) is 11.7 Å². The average molecular weight is 362 g/mol. The van der Waals surface area contributed by atoms with Gasteiger partial charge >= 0.3 is 0 Å². The van der Waals surface area contributed by atoms with Gasteiger partial charge in [0.25, 0.3) is 0 Å². The van der Waals surface area contributed by atoms with Gasteiger partial charge in [0.1, 0.15) is 0 Å². The van der Waals surface area contributed by atoms with Gasteiger partial charge in [-0.25, -0.2) is 0 Å². The third-order valence-electron chi connectivity index (χ3n) is 4.53. The van der Waals surface area contributed by atoms with Gasteiger partial charge in [-0.1, -0.05) is 36.4 Å². The second kappa shape index (κ2) is 7.42. The first kappa shape index (κ1) is 19.2. The molecule has 1 saturated heterocycles. The zero-order valence-corrected chi connectivity index (χ0v) is 15.3. The number of halogens is 1. The second-order valence-corrected chi connectivity index (χ2v) is 6.98. The minimum Gasteiger partial charge on any atom is -0.350 e. The molecular weight excluding hydrogens is 338 g/mol. The van der Waals surface area contributed by atoms with Crippen LogP contribution in [0.2, 0.25) is 0 Å². The Hall–Kier alpha value is -2.11. The van der Waals surface area contributed by atoms with E-state index < -0.39 is 5.54 Å². The minimum absolute atomic E-state index is 0.